The maximum atomic E-state index is 11.5. The molecule has 1 aromatic rings. The molecule has 1 N–H and O–H groups in total. The van der Waals surface area contributed by atoms with Crippen LogP contribution in [0.5, 0.6) is 0 Å². The van der Waals surface area contributed by atoms with Gasteiger partial charge in [0, 0.05) is 0 Å². The summed E-state index contributed by atoms with van der Waals surface area (Å²) in [7, 11) is 0. The van der Waals surface area contributed by atoms with Crippen molar-refractivity contribution in [2.75, 3.05) is 19.6 Å². The zero-order valence-corrected chi connectivity index (χ0v) is 9.76. The zero-order valence-electron chi connectivity index (χ0n) is 9.76. The lowest BCUT2D eigenvalue weighted by atomic mass is 10.1. The largest absolute Gasteiger partial charge is 0.463 e. The molecule has 2 heterocycles. The van der Waals surface area contributed by atoms with Crippen LogP contribution in [0.2, 0.25) is 0 Å². The highest BCUT2D eigenvalue weighted by atomic mass is 16.3. The van der Waals surface area contributed by atoms with Crippen LogP contribution >= 0.6 is 0 Å². The Morgan fingerprint density at radius 3 is 3.00 bits per heavy atom. The van der Waals surface area contributed by atoms with Crippen LogP contribution in [0.1, 0.15) is 25.0 Å². The van der Waals surface area contributed by atoms with Crippen LogP contribution in [-0.4, -0.2) is 36.7 Å². The van der Waals surface area contributed by atoms with Crippen molar-refractivity contribution in [1.82, 2.24) is 10.3 Å². The number of likely N-dealkylation sites (tertiary alicyclic amines) is 1. The van der Waals surface area contributed by atoms with Gasteiger partial charge in [-0.3, -0.25) is 9.69 Å². The first-order chi connectivity index (χ1) is 8.34. The van der Waals surface area contributed by atoms with Gasteiger partial charge in [-0.15, -0.1) is 0 Å². The molecule has 1 aliphatic heterocycles. The summed E-state index contributed by atoms with van der Waals surface area (Å²) in [6.45, 7) is 2.44. The van der Waals surface area contributed by atoms with Crippen LogP contribution in [0.25, 0.3) is 0 Å². The van der Waals surface area contributed by atoms with Crippen molar-refractivity contribution in [2.45, 2.75) is 19.3 Å². The standard InChI is InChI=1S/C12H17N3O2/c16-12(10-15-6-2-1-3-7-15)14-13-9-11-5-4-8-17-11/h4-5,8-9H,1-3,6-7,10H2,(H,14,16). The van der Waals surface area contributed by atoms with Crippen LogP contribution in [0, 0.1) is 0 Å². The van der Waals surface area contributed by atoms with E-state index in [4.69, 9.17) is 4.42 Å². The van der Waals surface area contributed by atoms with Crippen molar-refractivity contribution < 1.29 is 9.21 Å². The van der Waals surface area contributed by atoms with Gasteiger partial charge in [0.15, 0.2) is 0 Å². The molecular weight excluding hydrogens is 218 g/mol. The molecule has 0 spiro atoms. The number of carbonyl (C=O) groups excluding carboxylic acids is 1. The summed E-state index contributed by atoms with van der Waals surface area (Å²) in [5.74, 6) is 0.554. The second kappa shape index (κ2) is 6.20. The molecule has 5 nitrogen and oxygen atoms in total. The fourth-order valence-electron chi connectivity index (χ4n) is 1.89. The van der Waals surface area contributed by atoms with Crippen molar-refractivity contribution in [3.05, 3.63) is 24.2 Å². The minimum Gasteiger partial charge on any atom is -0.463 e. The first-order valence-corrected chi connectivity index (χ1v) is 5.92. The SMILES string of the molecule is O=C(CN1CCCCC1)NN=Cc1ccco1. The highest BCUT2D eigenvalue weighted by molar-refractivity contribution is 5.81. The van der Waals surface area contributed by atoms with Crippen LogP contribution in [0.15, 0.2) is 27.9 Å². The van der Waals surface area contributed by atoms with E-state index in [2.05, 4.69) is 15.4 Å². The molecule has 0 aromatic carbocycles. The molecule has 1 saturated heterocycles. The molecule has 0 bridgehead atoms. The monoisotopic (exact) mass is 235 g/mol. The minimum absolute atomic E-state index is 0.0743. The number of piperidine rings is 1. The maximum Gasteiger partial charge on any atom is 0.254 e. The van der Waals surface area contributed by atoms with Crippen LogP contribution < -0.4 is 5.43 Å². The number of carbonyl (C=O) groups is 1. The predicted octanol–water partition coefficient (Wildman–Crippen LogP) is 1.22. The number of amides is 1. The maximum absolute atomic E-state index is 11.5. The second-order valence-electron chi connectivity index (χ2n) is 4.15. The van der Waals surface area contributed by atoms with Crippen molar-refractivity contribution >= 4 is 12.1 Å². The summed E-state index contributed by atoms with van der Waals surface area (Å²) >= 11 is 0. The number of hydrogen-bond donors (Lipinski definition) is 1. The minimum atomic E-state index is -0.0743. The Morgan fingerprint density at radius 2 is 2.29 bits per heavy atom. The fraction of sp³-hybridized carbons (Fsp3) is 0.500. The Labute approximate surface area is 100 Å². The number of hydrogen-bond acceptors (Lipinski definition) is 4. The number of nitrogens with one attached hydrogen (secondary N) is 1. The van der Waals surface area contributed by atoms with Gasteiger partial charge in [0.05, 0.1) is 19.0 Å². The molecule has 0 unspecified atom stereocenters. The normalized spacial score (nSPS) is 17.4. The molecule has 0 aliphatic carbocycles. The number of nitrogens with zero attached hydrogens (tertiary/aromatic N) is 2. The first-order valence-electron chi connectivity index (χ1n) is 5.92. The third-order valence-electron chi connectivity index (χ3n) is 2.74. The van der Waals surface area contributed by atoms with Gasteiger partial charge in [-0.25, -0.2) is 5.43 Å². The van der Waals surface area contributed by atoms with E-state index in [0.717, 1.165) is 13.1 Å². The molecule has 17 heavy (non-hydrogen) atoms. The van der Waals surface area contributed by atoms with Crippen LogP contribution in [0.4, 0.5) is 0 Å². The van der Waals surface area contributed by atoms with Gasteiger partial charge in [-0.2, -0.15) is 5.10 Å². The van der Waals surface area contributed by atoms with Crippen molar-refractivity contribution in [3.8, 4) is 0 Å². The van der Waals surface area contributed by atoms with Gasteiger partial charge in [0.2, 0.25) is 0 Å². The molecule has 1 aliphatic rings. The third kappa shape index (κ3) is 4.03. The number of hydrazone groups is 1. The number of rotatable bonds is 4. The average molecular weight is 235 g/mol. The van der Waals surface area contributed by atoms with E-state index >= 15 is 0 Å². The zero-order chi connectivity index (χ0) is 11.9. The summed E-state index contributed by atoms with van der Waals surface area (Å²) < 4.78 is 5.05. The summed E-state index contributed by atoms with van der Waals surface area (Å²) in [6.07, 6.45) is 6.70. The van der Waals surface area contributed by atoms with Gasteiger partial charge in [0.25, 0.3) is 5.91 Å². The Hall–Kier alpha value is -1.62. The van der Waals surface area contributed by atoms with Gasteiger partial charge < -0.3 is 4.42 Å². The molecule has 1 aromatic heterocycles. The van der Waals surface area contributed by atoms with E-state index in [9.17, 15) is 4.79 Å². The second-order valence-corrected chi connectivity index (χ2v) is 4.15. The van der Waals surface area contributed by atoms with Gasteiger partial charge in [-0.1, -0.05) is 6.42 Å². The summed E-state index contributed by atoms with van der Waals surface area (Å²) in [6, 6.07) is 3.55. The predicted molar refractivity (Wildman–Crippen MR) is 64.7 cm³/mol. The van der Waals surface area contributed by atoms with E-state index in [1.165, 1.54) is 25.5 Å². The van der Waals surface area contributed by atoms with E-state index in [1.807, 2.05) is 0 Å². The molecule has 0 atom stereocenters. The van der Waals surface area contributed by atoms with E-state index in [-0.39, 0.29) is 5.91 Å². The summed E-state index contributed by atoms with van der Waals surface area (Å²) in [5, 5.41) is 3.83. The average Bonchev–Trinajstić information content (AvgIpc) is 2.83. The van der Waals surface area contributed by atoms with Crippen molar-refractivity contribution in [3.63, 3.8) is 0 Å². The highest BCUT2D eigenvalue weighted by Crippen LogP contribution is 2.07. The quantitative estimate of drug-likeness (QED) is 0.630. The molecule has 2 rings (SSSR count). The highest BCUT2D eigenvalue weighted by Gasteiger charge is 2.12. The van der Waals surface area contributed by atoms with Gasteiger partial charge >= 0.3 is 0 Å². The van der Waals surface area contributed by atoms with Crippen molar-refractivity contribution in [1.29, 1.82) is 0 Å². The van der Waals surface area contributed by atoms with Crippen LogP contribution in [-0.2, 0) is 4.79 Å². The molecular formula is C12H17N3O2. The lowest BCUT2D eigenvalue weighted by Gasteiger charge is -2.25. The molecule has 5 heteroatoms. The van der Waals surface area contributed by atoms with Gasteiger partial charge in [-0.05, 0) is 38.1 Å². The molecule has 0 saturated carbocycles. The molecule has 0 radical (unpaired) electrons. The Balaban J connectivity index is 1.70. The number of furan rings is 1. The first kappa shape index (κ1) is 11.9. The van der Waals surface area contributed by atoms with Gasteiger partial charge in [0.1, 0.15) is 5.76 Å². The topological polar surface area (TPSA) is 57.8 Å². The molecule has 1 amide bonds. The van der Waals surface area contributed by atoms with Crippen LogP contribution in [0.3, 0.4) is 0 Å². The third-order valence-corrected chi connectivity index (χ3v) is 2.74. The van der Waals surface area contributed by atoms with Crippen molar-refractivity contribution in [2.24, 2.45) is 5.10 Å². The molecule has 1 fully saturated rings. The Kier molecular flexibility index (Phi) is 4.32. The van der Waals surface area contributed by atoms with E-state index in [0.29, 0.717) is 12.3 Å². The Morgan fingerprint density at radius 1 is 1.47 bits per heavy atom. The molecule has 92 valence electrons. The van der Waals surface area contributed by atoms with E-state index in [1.54, 1.807) is 18.4 Å². The Bertz CT molecular complexity index is 367. The lowest BCUT2D eigenvalue weighted by molar-refractivity contribution is -0.122. The van der Waals surface area contributed by atoms with E-state index < -0.39 is 0 Å². The lowest BCUT2D eigenvalue weighted by Crippen LogP contribution is -2.38. The summed E-state index contributed by atoms with van der Waals surface area (Å²) in [5.41, 5.74) is 2.50. The smallest absolute Gasteiger partial charge is 0.254 e. The fourth-order valence-corrected chi connectivity index (χ4v) is 1.89. The summed E-state index contributed by atoms with van der Waals surface area (Å²) in [4.78, 5) is 13.7.